The number of rotatable bonds is 0. The van der Waals surface area contributed by atoms with Crippen LogP contribution >= 0.6 is 0 Å². The van der Waals surface area contributed by atoms with Crippen LogP contribution in [0.4, 0.5) is 4.79 Å². The zero-order valence-electron chi connectivity index (χ0n) is 3.72. The van der Waals surface area contributed by atoms with Crippen molar-refractivity contribution in [2.45, 2.75) is 0 Å². The van der Waals surface area contributed by atoms with Crippen LogP contribution in [-0.4, -0.2) is 31.3 Å². The van der Waals surface area contributed by atoms with Gasteiger partial charge in [-0.25, -0.2) is 4.79 Å². The van der Waals surface area contributed by atoms with Crippen LogP contribution in [-0.2, 0) is 9.47 Å². The van der Waals surface area contributed by atoms with Gasteiger partial charge in [0.2, 0.25) is 0 Å². The Balaban J connectivity index is 0. The molecule has 0 bridgehead atoms. The van der Waals surface area contributed by atoms with Crippen molar-refractivity contribution in [2.75, 3.05) is 14.2 Å². The normalized spacial score (nSPS) is 6.00. The molecule has 44 valence electrons. The summed E-state index contributed by atoms with van der Waals surface area (Å²) in [5.41, 5.74) is 0. The highest BCUT2D eigenvalue weighted by atomic mass is 28.1. The topological polar surface area (TPSA) is 35.5 Å². The number of hydrogen-bond acceptors (Lipinski definition) is 3. The van der Waals surface area contributed by atoms with Crippen LogP contribution in [0.25, 0.3) is 0 Å². The molecule has 0 aliphatic heterocycles. The van der Waals surface area contributed by atoms with Crippen molar-refractivity contribution in [3.05, 3.63) is 0 Å². The second-order valence-corrected chi connectivity index (χ2v) is 0.658. The van der Waals surface area contributed by atoms with Crippen molar-refractivity contribution in [1.29, 1.82) is 0 Å². The first-order chi connectivity index (χ1) is 2.81. The highest BCUT2D eigenvalue weighted by Gasteiger charge is 1.88. The zero-order chi connectivity index (χ0) is 4.99. The summed E-state index contributed by atoms with van der Waals surface area (Å²) in [5.74, 6) is 0. The van der Waals surface area contributed by atoms with E-state index in [1.807, 2.05) is 0 Å². The smallest absolute Gasteiger partial charge is 0.438 e. The highest BCUT2D eigenvalue weighted by molar-refractivity contribution is 5.75. The minimum atomic E-state index is -0.657. The summed E-state index contributed by atoms with van der Waals surface area (Å²) in [4.78, 5) is 9.74. The quantitative estimate of drug-likeness (QED) is 0.304. The molecule has 0 aromatic rings. The third kappa shape index (κ3) is 5.49. The first kappa shape index (κ1) is 9.70. The van der Waals surface area contributed by atoms with Gasteiger partial charge in [-0.1, -0.05) is 0 Å². The SMILES string of the molecule is COC(=O)OC.[SiH4]. The number of methoxy groups -OCH3 is 2. The summed E-state index contributed by atoms with van der Waals surface area (Å²) < 4.78 is 8.08. The van der Waals surface area contributed by atoms with Crippen LogP contribution in [0.5, 0.6) is 0 Å². The molecule has 0 saturated heterocycles. The molecule has 0 amide bonds. The van der Waals surface area contributed by atoms with Gasteiger partial charge in [0, 0.05) is 0 Å². The molecule has 0 aromatic heterocycles. The summed E-state index contributed by atoms with van der Waals surface area (Å²) in [6.45, 7) is 0. The third-order valence-corrected chi connectivity index (χ3v) is 0.333. The van der Waals surface area contributed by atoms with Crippen LogP contribution in [0.15, 0.2) is 0 Å². The molecule has 0 rings (SSSR count). The van der Waals surface area contributed by atoms with Gasteiger partial charge in [-0.2, -0.15) is 0 Å². The van der Waals surface area contributed by atoms with Gasteiger partial charge >= 0.3 is 6.16 Å². The summed E-state index contributed by atoms with van der Waals surface area (Å²) in [7, 11) is 2.51. The van der Waals surface area contributed by atoms with Gasteiger partial charge in [-0.15, -0.1) is 0 Å². The number of carbonyl (C=O) groups is 1. The summed E-state index contributed by atoms with van der Waals surface area (Å²) >= 11 is 0. The molecule has 0 aromatic carbocycles. The molecule has 0 fully saturated rings. The molecule has 0 atom stereocenters. The second-order valence-electron chi connectivity index (χ2n) is 0.658. The largest absolute Gasteiger partial charge is 0.507 e. The maximum atomic E-state index is 9.74. The monoisotopic (exact) mass is 122 g/mol. The number of hydrogen-bond donors (Lipinski definition) is 0. The van der Waals surface area contributed by atoms with E-state index in [9.17, 15) is 4.79 Å². The highest BCUT2D eigenvalue weighted by Crippen LogP contribution is 1.72. The molecule has 0 spiro atoms. The lowest BCUT2D eigenvalue weighted by Gasteiger charge is -1.89. The average molecular weight is 122 g/mol. The Morgan fingerprint density at radius 3 is 1.57 bits per heavy atom. The van der Waals surface area contributed by atoms with Crippen molar-refractivity contribution in [3.8, 4) is 0 Å². The van der Waals surface area contributed by atoms with Gasteiger partial charge in [0.05, 0.1) is 14.2 Å². The molecular weight excluding hydrogens is 112 g/mol. The Hall–Kier alpha value is -0.513. The van der Waals surface area contributed by atoms with E-state index in [1.165, 1.54) is 14.2 Å². The van der Waals surface area contributed by atoms with Crippen LogP contribution < -0.4 is 0 Å². The molecular formula is C3H10O3Si. The molecule has 0 unspecified atom stereocenters. The molecule has 0 aliphatic rings. The minimum absolute atomic E-state index is 0. The Bertz CT molecular complexity index is 48.1. The van der Waals surface area contributed by atoms with Gasteiger partial charge in [0.1, 0.15) is 0 Å². The predicted molar refractivity (Wildman–Crippen MR) is 30.7 cm³/mol. The summed E-state index contributed by atoms with van der Waals surface area (Å²) in [5, 5.41) is 0. The fraction of sp³-hybridized carbons (Fsp3) is 0.667. The maximum absolute atomic E-state index is 9.74. The molecule has 0 saturated carbocycles. The van der Waals surface area contributed by atoms with Crippen LogP contribution in [0.1, 0.15) is 0 Å². The van der Waals surface area contributed by atoms with Crippen molar-refractivity contribution in [3.63, 3.8) is 0 Å². The predicted octanol–water partition coefficient (Wildman–Crippen LogP) is -1.05. The van der Waals surface area contributed by atoms with Crippen molar-refractivity contribution in [2.24, 2.45) is 0 Å². The fourth-order valence-corrected chi connectivity index (χ4v) is 0.0833. The van der Waals surface area contributed by atoms with Crippen LogP contribution in [0.3, 0.4) is 0 Å². The van der Waals surface area contributed by atoms with E-state index in [0.29, 0.717) is 0 Å². The van der Waals surface area contributed by atoms with E-state index in [-0.39, 0.29) is 11.0 Å². The van der Waals surface area contributed by atoms with Gasteiger partial charge < -0.3 is 9.47 Å². The molecule has 3 nitrogen and oxygen atoms in total. The third-order valence-electron chi connectivity index (χ3n) is 0.333. The number of carbonyl (C=O) groups excluding carboxylic acids is 1. The van der Waals surface area contributed by atoms with Gasteiger partial charge in [0.25, 0.3) is 0 Å². The van der Waals surface area contributed by atoms with Gasteiger partial charge in [0.15, 0.2) is 0 Å². The van der Waals surface area contributed by atoms with Crippen molar-refractivity contribution >= 4 is 17.1 Å². The fourth-order valence-electron chi connectivity index (χ4n) is 0.0833. The molecule has 7 heavy (non-hydrogen) atoms. The Kier molecular flexibility index (Phi) is 7.60. The van der Waals surface area contributed by atoms with Crippen LogP contribution in [0, 0.1) is 0 Å². The minimum Gasteiger partial charge on any atom is -0.438 e. The van der Waals surface area contributed by atoms with Crippen LogP contribution in [0.2, 0.25) is 0 Å². The van der Waals surface area contributed by atoms with E-state index < -0.39 is 6.16 Å². The van der Waals surface area contributed by atoms with E-state index in [1.54, 1.807) is 0 Å². The van der Waals surface area contributed by atoms with E-state index >= 15 is 0 Å². The summed E-state index contributed by atoms with van der Waals surface area (Å²) in [6.07, 6.45) is -0.657. The first-order valence-electron chi connectivity index (χ1n) is 1.43. The maximum Gasteiger partial charge on any atom is 0.507 e. The Morgan fingerprint density at radius 1 is 1.29 bits per heavy atom. The first-order valence-corrected chi connectivity index (χ1v) is 1.43. The molecule has 0 N–H and O–H groups in total. The summed E-state index contributed by atoms with van der Waals surface area (Å²) in [6, 6.07) is 0. The molecule has 0 heterocycles. The lowest BCUT2D eigenvalue weighted by atomic mass is 11.3. The van der Waals surface area contributed by atoms with E-state index in [2.05, 4.69) is 9.47 Å². The van der Waals surface area contributed by atoms with Crippen molar-refractivity contribution < 1.29 is 14.3 Å². The van der Waals surface area contributed by atoms with Gasteiger partial charge in [-0.3, -0.25) is 0 Å². The molecule has 0 radical (unpaired) electrons. The Morgan fingerprint density at radius 2 is 1.57 bits per heavy atom. The average Bonchev–Trinajstić information content (AvgIpc) is 1.65. The second kappa shape index (κ2) is 5.49. The zero-order valence-corrected chi connectivity index (χ0v) is 3.72. The number of ether oxygens (including phenoxy) is 2. The Labute approximate surface area is 46.6 Å². The molecule has 0 aliphatic carbocycles. The lowest BCUT2D eigenvalue weighted by molar-refractivity contribution is 0.0924. The van der Waals surface area contributed by atoms with E-state index in [0.717, 1.165) is 0 Å². The lowest BCUT2D eigenvalue weighted by Crippen LogP contribution is -1.97. The standard InChI is InChI=1S/C3H6O3.H4Si/c1-5-3(4)6-2;/h1-2H3;1H4. The molecule has 4 heteroatoms. The van der Waals surface area contributed by atoms with Gasteiger partial charge in [-0.05, 0) is 11.0 Å². The van der Waals surface area contributed by atoms with Crippen molar-refractivity contribution in [1.82, 2.24) is 0 Å². The van der Waals surface area contributed by atoms with E-state index in [4.69, 9.17) is 0 Å².